The molecule has 2 amide bonds. The normalized spacial score (nSPS) is 10.1. The van der Waals surface area contributed by atoms with Gasteiger partial charge in [-0.15, -0.1) is 0 Å². The molecule has 0 unspecified atom stereocenters. The van der Waals surface area contributed by atoms with Gasteiger partial charge in [0.2, 0.25) is 11.9 Å². The first-order chi connectivity index (χ1) is 13.1. The molecule has 0 fully saturated rings. The number of benzene rings is 2. The molecule has 27 heavy (non-hydrogen) atoms. The number of hydrogen-bond donors (Lipinski definition) is 3. The highest BCUT2D eigenvalue weighted by Crippen LogP contribution is 2.18. The molecule has 0 spiro atoms. The largest absolute Gasteiger partial charge is 0.348 e. The van der Waals surface area contributed by atoms with Crippen LogP contribution in [0, 0.1) is 0 Å². The molecule has 0 aliphatic rings. The summed E-state index contributed by atoms with van der Waals surface area (Å²) in [5, 5.41) is 8.58. The first kappa shape index (κ1) is 18.1. The third-order valence-electron chi connectivity index (χ3n) is 3.65. The van der Waals surface area contributed by atoms with Crippen molar-refractivity contribution in [2.45, 2.75) is 13.5 Å². The van der Waals surface area contributed by atoms with Gasteiger partial charge in [0.05, 0.1) is 5.56 Å². The molecule has 3 rings (SSSR count). The molecule has 1 heterocycles. The first-order valence-electron chi connectivity index (χ1n) is 8.39. The minimum Gasteiger partial charge on any atom is -0.348 e. The number of nitrogens with one attached hydrogen (secondary N) is 3. The van der Waals surface area contributed by atoms with Gasteiger partial charge in [-0.1, -0.05) is 36.4 Å². The predicted molar refractivity (Wildman–Crippen MR) is 104 cm³/mol. The summed E-state index contributed by atoms with van der Waals surface area (Å²) in [5.74, 6) is -0.0260. The first-order valence-corrected chi connectivity index (χ1v) is 8.39. The van der Waals surface area contributed by atoms with Gasteiger partial charge in [0.15, 0.2) is 0 Å². The van der Waals surface area contributed by atoms with Gasteiger partial charge in [-0.2, -0.15) is 0 Å². The van der Waals surface area contributed by atoms with Crippen molar-refractivity contribution < 1.29 is 9.59 Å². The lowest BCUT2D eigenvalue weighted by atomic mass is 10.2. The number of amides is 2. The number of hydrogen-bond acceptors (Lipinski definition) is 5. The Labute approximate surface area is 156 Å². The van der Waals surface area contributed by atoms with Crippen LogP contribution in [0.25, 0.3) is 0 Å². The molecule has 3 aromatic rings. The fourth-order valence-corrected chi connectivity index (χ4v) is 2.40. The van der Waals surface area contributed by atoms with Crippen LogP contribution in [-0.2, 0) is 11.3 Å². The second kappa shape index (κ2) is 8.57. The summed E-state index contributed by atoms with van der Waals surface area (Å²) in [6, 6.07) is 16.8. The van der Waals surface area contributed by atoms with E-state index in [0.29, 0.717) is 23.7 Å². The smallest absolute Gasteiger partial charge is 0.254 e. The van der Waals surface area contributed by atoms with Crippen molar-refractivity contribution in [3.05, 3.63) is 78.1 Å². The average molecular weight is 361 g/mol. The number of carbonyl (C=O) groups excluding carboxylic acids is 2. The minimum atomic E-state index is -0.238. The van der Waals surface area contributed by atoms with Crippen molar-refractivity contribution >= 4 is 29.1 Å². The summed E-state index contributed by atoms with van der Waals surface area (Å²) in [6.07, 6.45) is 2.93. The maximum atomic E-state index is 12.2. The van der Waals surface area contributed by atoms with E-state index in [-0.39, 0.29) is 11.8 Å². The van der Waals surface area contributed by atoms with E-state index in [9.17, 15) is 9.59 Å². The van der Waals surface area contributed by atoms with Crippen molar-refractivity contribution in [1.29, 1.82) is 0 Å². The lowest BCUT2D eigenvalue weighted by Crippen LogP contribution is -2.23. The topological polar surface area (TPSA) is 96.0 Å². The molecule has 7 heteroatoms. The van der Waals surface area contributed by atoms with Crippen LogP contribution in [0.5, 0.6) is 0 Å². The van der Waals surface area contributed by atoms with Crippen molar-refractivity contribution in [3.8, 4) is 0 Å². The molecular weight excluding hydrogens is 342 g/mol. The lowest BCUT2D eigenvalue weighted by molar-refractivity contribution is -0.114. The zero-order chi connectivity index (χ0) is 19.1. The van der Waals surface area contributed by atoms with Gasteiger partial charge >= 0.3 is 0 Å². The summed E-state index contributed by atoms with van der Waals surface area (Å²) in [7, 11) is 0. The van der Waals surface area contributed by atoms with E-state index in [1.807, 2.05) is 36.4 Å². The van der Waals surface area contributed by atoms with Crippen LogP contribution >= 0.6 is 0 Å². The van der Waals surface area contributed by atoms with Crippen LogP contribution in [0.2, 0.25) is 0 Å². The van der Waals surface area contributed by atoms with Crippen molar-refractivity contribution in [1.82, 2.24) is 15.3 Å². The van der Waals surface area contributed by atoms with Crippen molar-refractivity contribution in [2.24, 2.45) is 0 Å². The van der Waals surface area contributed by atoms with Gasteiger partial charge in [-0.25, -0.2) is 9.97 Å². The van der Waals surface area contributed by atoms with E-state index in [1.165, 1.54) is 19.3 Å². The predicted octanol–water partition coefficient (Wildman–Crippen LogP) is 3.11. The van der Waals surface area contributed by atoms with Crippen LogP contribution in [0.3, 0.4) is 0 Å². The highest BCUT2D eigenvalue weighted by Gasteiger charge is 2.07. The van der Waals surface area contributed by atoms with Gasteiger partial charge in [0, 0.05) is 37.2 Å². The van der Waals surface area contributed by atoms with Crippen LogP contribution in [0.4, 0.5) is 17.3 Å². The molecular formula is C20H19N5O2. The highest BCUT2D eigenvalue weighted by atomic mass is 16.2. The number of anilines is 3. The Morgan fingerprint density at radius 3 is 2.33 bits per heavy atom. The van der Waals surface area contributed by atoms with Crippen LogP contribution in [-0.4, -0.2) is 21.8 Å². The lowest BCUT2D eigenvalue weighted by Gasteiger charge is -2.08. The molecule has 0 atom stereocenters. The Kier molecular flexibility index (Phi) is 5.73. The second-order valence-corrected chi connectivity index (χ2v) is 5.85. The van der Waals surface area contributed by atoms with E-state index in [1.54, 1.807) is 18.2 Å². The third-order valence-corrected chi connectivity index (χ3v) is 3.65. The van der Waals surface area contributed by atoms with Gasteiger partial charge in [0.1, 0.15) is 0 Å². The Bertz CT molecular complexity index is 927. The molecule has 3 N–H and O–H groups in total. The number of nitrogens with zero attached hydrogens (tertiary/aromatic N) is 2. The van der Waals surface area contributed by atoms with Crippen LogP contribution in [0.15, 0.2) is 67.0 Å². The molecule has 0 bridgehead atoms. The molecule has 0 aliphatic carbocycles. The van der Waals surface area contributed by atoms with E-state index in [2.05, 4.69) is 25.9 Å². The van der Waals surface area contributed by atoms with Crippen LogP contribution in [0.1, 0.15) is 22.8 Å². The van der Waals surface area contributed by atoms with Gasteiger partial charge < -0.3 is 16.0 Å². The molecule has 7 nitrogen and oxygen atoms in total. The molecule has 0 saturated carbocycles. The second-order valence-electron chi connectivity index (χ2n) is 5.85. The standard InChI is InChI=1S/C20H19N5O2/c1-14(26)24-17-8-5-9-18(10-17)25-20-22-12-16(13-23-20)19(27)21-11-15-6-3-2-4-7-15/h2-10,12-13H,11H2,1H3,(H,21,27)(H,24,26)(H,22,23,25). The van der Waals surface area contributed by atoms with E-state index in [0.717, 1.165) is 11.3 Å². The SMILES string of the molecule is CC(=O)Nc1cccc(Nc2ncc(C(=O)NCc3ccccc3)cn2)c1. The number of rotatable bonds is 6. The van der Waals surface area contributed by atoms with E-state index in [4.69, 9.17) is 0 Å². The Balaban J connectivity index is 1.60. The Hall–Kier alpha value is -3.74. The summed E-state index contributed by atoms with van der Waals surface area (Å²) in [6.45, 7) is 1.89. The van der Waals surface area contributed by atoms with Crippen molar-refractivity contribution in [2.75, 3.05) is 10.6 Å². The summed E-state index contributed by atoms with van der Waals surface area (Å²) >= 11 is 0. The molecule has 0 saturated heterocycles. The maximum Gasteiger partial charge on any atom is 0.254 e. The zero-order valence-electron chi connectivity index (χ0n) is 14.8. The van der Waals surface area contributed by atoms with Crippen molar-refractivity contribution in [3.63, 3.8) is 0 Å². The van der Waals surface area contributed by atoms with Gasteiger partial charge in [-0.05, 0) is 23.8 Å². The third kappa shape index (κ3) is 5.37. The quantitative estimate of drug-likeness (QED) is 0.627. The maximum absolute atomic E-state index is 12.2. The number of aromatic nitrogens is 2. The summed E-state index contributed by atoms with van der Waals surface area (Å²) < 4.78 is 0. The van der Waals surface area contributed by atoms with E-state index < -0.39 is 0 Å². The fraction of sp³-hybridized carbons (Fsp3) is 0.100. The zero-order valence-corrected chi connectivity index (χ0v) is 14.8. The number of carbonyl (C=O) groups is 2. The Morgan fingerprint density at radius 1 is 0.926 bits per heavy atom. The summed E-state index contributed by atoms with van der Waals surface area (Å²) in [4.78, 5) is 31.7. The highest BCUT2D eigenvalue weighted by molar-refractivity contribution is 5.93. The monoisotopic (exact) mass is 361 g/mol. The fourth-order valence-electron chi connectivity index (χ4n) is 2.40. The van der Waals surface area contributed by atoms with E-state index >= 15 is 0 Å². The molecule has 1 aromatic heterocycles. The molecule has 0 aliphatic heterocycles. The molecule has 0 radical (unpaired) electrons. The summed E-state index contributed by atoms with van der Waals surface area (Å²) in [5.41, 5.74) is 2.79. The molecule has 2 aromatic carbocycles. The van der Waals surface area contributed by atoms with Gasteiger partial charge in [0.25, 0.3) is 5.91 Å². The van der Waals surface area contributed by atoms with Crippen LogP contribution < -0.4 is 16.0 Å². The minimum absolute atomic E-state index is 0.144. The molecule has 136 valence electrons. The Morgan fingerprint density at radius 2 is 1.63 bits per heavy atom. The van der Waals surface area contributed by atoms with Gasteiger partial charge in [-0.3, -0.25) is 9.59 Å². The average Bonchev–Trinajstić information content (AvgIpc) is 2.67.